The summed E-state index contributed by atoms with van der Waals surface area (Å²) in [6.07, 6.45) is 5.59. The van der Waals surface area contributed by atoms with Crippen LogP contribution in [0.3, 0.4) is 0 Å². The molecule has 2 rings (SSSR count). The number of hydrogen-bond donors (Lipinski definition) is 1. The number of nitrogens with one attached hydrogen (secondary N) is 1. The van der Waals surface area contributed by atoms with Crippen LogP contribution in [0.25, 0.3) is 0 Å². The van der Waals surface area contributed by atoms with Crippen molar-refractivity contribution in [3.63, 3.8) is 0 Å². The van der Waals surface area contributed by atoms with E-state index in [2.05, 4.69) is 5.32 Å². The molecule has 1 atom stereocenters. The molecule has 24 heavy (non-hydrogen) atoms. The van der Waals surface area contributed by atoms with Gasteiger partial charge in [0.1, 0.15) is 5.75 Å². The van der Waals surface area contributed by atoms with Crippen LogP contribution in [0.2, 0.25) is 0 Å². The van der Waals surface area contributed by atoms with E-state index in [-0.39, 0.29) is 11.9 Å². The second-order valence-electron chi connectivity index (χ2n) is 6.23. The van der Waals surface area contributed by atoms with Crippen molar-refractivity contribution in [3.8, 4) is 5.75 Å². The monoisotopic (exact) mass is 354 g/mol. The van der Waals surface area contributed by atoms with E-state index >= 15 is 0 Å². The van der Waals surface area contributed by atoms with Crippen LogP contribution in [0.4, 0.5) is 5.69 Å². The summed E-state index contributed by atoms with van der Waals surface area (Å²) in [7, 11) is -1.80. The van der Waals surface area contributed by atoms with Crippen molar-refractivity contribution in [2.24, 2.45) is 0 Å². The van der Waals surface area contributed by atoms with Gasteiger partial charge in [0, 0.05) is 13.1 Å². The van der Waals surface area contributed by atoms with E-state index in [1.54, 1.807) is 24.3 Å². The fourth-order valence-electron chi connectivity index (χ4n) is 2.78. The fourth-order valence-corrected chi connectivity index (χ4v) is 3.28. The summed E-state index contributed by atoms with van der Waals surface area (Å²) >= 11 is 0. The molecule has 1 aromatic rings. The van der Waals surface area contributed by atoms with E-state index in [4.69, 9.17) is 4.74 Å². The third-order valence-electron chi connectivity index (χ3n) is 4.34. The largest absolute Gasteiger partial charge is 0.481 e. The Morgan fingerprint density at radius 2 is 1.88 bits per heavy atom. The van der Waals surface area contributed by atoms with Crippen molar-refractivity contribution in [3.05, 3.63) is 24.3 Å². The molecule has 0 spiro atoms. The summed E-state index contributed by atoms with van der Waals surface area (Å²) in [6, 6.07) is 6.96. The second kappa shape index (κ2) is 7.88. The van der Waals surface area contributed by atoms with Crippen molar-refractivity contribution in [2.75, 3.05) is 17.6 Å². The molecular formula is C17H26N2O4S. The van der Waals surface area contributed by atoms with Gasteiger partial charge in [-0.05, 0) is 43.5 Å². The molecule has 1 aromatic carbocycles. The zero-order valence-electron chi connectivity index (χ0n) is 14.5. The van der Waals surface area contributed by atoms with Gasteiger partial charge in [0.25, 0.3) is 5.91 Å². The van der Waals surface area contributed by atoms with Gasteiger partial charge in [-0.2, -0.15) is 0 Å². The second-order valence-corrected chi connectivity index (χ2v) is 8.24. The number of rotatable bonds is 7. The van der Waals surface area contributed by atoms with E-state index in [1.165, 1.54) is 11.4 Å². The molecule has 0 heterocycles. The van der Waals surface area contributed by atoms with Gasteiger partial charge in [0.05, 0.1) is 11.9 Å². The number of amides is 1. The molecular weight excluding hydrogens is 328 g/mol. The molecule has 1 saturated carbocycles. The SMILES string of the molecule is CCC(Oc1ccc(N(C)S(C)(=O)=O)cc1)C(=O)NC1CCCC1. The maximum Gasteiger partial charge on any atom is 0.261 e. The van der Waals surface area contributed by atoms with Crippen LogP contribution in [-0.4, -0.2) is 39.8 Å². The Morgan fingerprint density at radius 1 is 1.29 bits per heavy atom. The normalized spacial score (nSPS) is 16.6. The van der Waals surface area contributed by atoms with Crippen LogP contribution in [0, 0.1) is 0 Å². The lowest BCUT2D eigenvalue weighted by Crippen LogP contribution is -2.42. The summed E-state index contributed by atoms with van der Waals surface area (Å²) in [5, 5.41) is 3.05. The standard InChI is InChI=1S/C17H26N2O4S/c1-4-16(17(20)18-13-7-5-6-8-13)23-15-11-9-14(10-12-15)19(2)24(3,21)22/h9-13,16H,4-8H2,1-3H3,(H,18,20). The van der Waals surface area contributed by atoms with Crippen molar-refractivity contribution in [1.82, 2.24) is 5.32 Å². The molecule has 6 nitrogen and oxygen atoms in total. The molecule has 1 N–H and O–H groups in total. The molecule has 7 heteroatoms. The highest BCUT2D eigenvalue weighted by atomic mass is 32.2. The van der Waals surface area contributed by atoms with Crippen LogP contribution < -0.4 is 14.4 Å². The Bertz CT molecular complexity index is 652. The molecule has 0 bridgehead atoms. The average Bonchev–Trinajstić information content (AvgIpc) is 3.04. The fraction of sp³-hybridized carbons (Fsp3) is 0.588. The maximum absolute atomic E-state index is 12.3. The molecule has 1 aliphatic rings. The van der Waals surface area contributed by atoms with Gasteiger partial charge in [-0.25, -0.2) is 8.42 Å². The van der Waals surface area contributed by atoms with Crippen molar-refractivity contribution in [1.29, 1.82) is 0 Å². The van der Waals surface area contributed by atoms with Gasteiger partial charge in [0.2, 0.25) is 10.0 Å². The lowest BCUT2D eigenvalue weighted by Gasteiger charge is -2.21. The first kappa shape index (κ1) is 18.6. The minimum absolute atomic E-state index is 0.0817. The molecule has 0 aromatic heterocycles. The smallest absolute Gasteiger partial charge is 0.261 e. The van der Waals surface area contributed by atoms with E-state index in [9.17, 15) is 13.2 Å². The molecule has 134 valence electrons. The number of ether oxygens (including phenoxy) is 1. The Hall–Kier alpha value is -1.76. The Balaban J connectivity index is 1.98. The molecule has 0 radical (unpaired) electrons. The van der Waals surface area contributed by atoms with Crippen LogP contribution >= 0.6 is 0 Å². The van der Waals surface area contributed by atoms with Gasteiger partial charge >= 0.3 is 0 Å². The molecule has 1 aliphatic carbocycles. The topological polar surface area (TPSA) is 75.7 Å². The molecule has 1 amide bonds. The minimum atomic E-state index is -3.29. The van der Waals surface area contributed by atoms with E-state index < -0.39 is 16.1 Å². The molecule has 1 unspecified atom stereocenters. The number of anilines is 1. The van der Waals surface area contributed by atoms with E-state index in [1.807, 2.05) is 6.92 Å². The highest BCUT2D eigenvalue weighted by Crippen LogP contribution is 2.22. The van der Waals surface area contributed by atoms with Crippen molar-refractivity contribution < 1.29 is 17.9 Å². The van der Waals surface area contributed by atoms with Crippen LogP contribution in [-0.2, 0) is 14.8 Å². The van der Waals surface area contributed by atoms with Crippen LogP contribution in [0.1, 0.15) is 39.0 Å². The Kier molecular flexibility index (Phi) is 6.10. The predicted molar refractivity (Wildman–Crippen MR) is 94.8 cm³/mol. The number of hydrogen-bond acceptors (Lipinski definition) is 4. The first-order valence-corrected chi connectivity index (χ1v) is 10.2. The summed E-state index contributed by atoms with van der Waals surface area (Å²) in [6.45, 7) is 1.91. The third-order valence-corrected chi connectivity index (χ3v) is 5.55. The average molecular weight is 354 g/mol. The van der Waals surface area contributed by atoms with Crippen molar-refractivity contribution in [2.45, 2.75) is 51.2 Å². The quantitative estimate of drug-likeness (QED) is 0.815. The first-order valence-electron chi connectivity index (χ1n) is 8.32. The molecule has 0 aliphatic heterocycles. The first-order chi connectivity index (χ1) is 11.3. The summed E-state index contributed by atoms with van der Waals surface area (Å²) in [5.74, 6) is 0.468. The maximum atomic E-state index is 12.3. The number of carbonyl (C=O) groups is 1. The Morgan fingerprint density at radius 3 is 2.38 bits per heavy atom. The number of sulfonamides is 1. The van der Waals surface area contributed by atoms with Gasteiger partial charge in [-0.3, -0.25) is 9.10 Å². The van der Waals surface area contributed by atoms with Crippen molar-refractivity contribution >= 4 is 21.6 Å². The summed E-state index contributed by atoms with van der Waals surface area (Å²) < 4.78 is 30.0. The third kappa shape index (κ3) is 4.87. The minimum Gasteiger partial charge on any atom is -0.481 e. The van der Waals surface area contributed by atoms with E-state index in [0.717, 1.165) is 31.9 Å². The Labute approximate surface area is 144 Å². The van der Waals surface area contributed by atoms with Gasteiger partial charge in [-0.1, -0.05) is 19.8 Å². The van der Waals surface area contributed by atoms with Gasteiger partial charge in [0.15, 0.2) is 6.10 Å². The zero-order valence-corrected chi connectivity index (χ0v) is 15.3. The van der Waals surface area contributed by atoms with E-state index in [0.29, 0.717) is 17.9 Å². The molecule has 0 saturated heterocycles. The van der Waals surface area contributed by atoms with Crippen LogP contribution in [0.5, 0.6) is 5.75 Å². The summed E-state index contributed by atoms with van der Waals surface area (Å²) in [5.41, 5.74) is 0.549. The lowest BCUT2D eigenvalue weighted by molar-refractivity contribution is -0.128. The summed E-state index contributed by atoms with van der Waals surface area (Å²) in [4.78, 5) is 12.3. The zero-order chi connectivity index (χ0) is 17.7. The highest BCUT2D eigenvalue weighted by Gasteiger charge is 2.23. The predicted octanol–water partition coefficient (Wildman–Crippen LogP) is 2.30. The number of nitrogens with zero attached hydrogens (tertiary/aromatic N) is 1. The molecule has 1 fully saturated rings. The highest BCUT2D eigenvalue weighted by molar-refractivity contribution is 7.92. The van der Waals surface area contributed by atoms with Crippen LogP contribution in [0.15, 0.2) is 24.3 Å². The lowest BCUT2D eigenvalue weighted by atomic mass is 10.2. The number of carbonyl (C=O) groups excluding carboxylic acids is 1. The van der Waals surface area contributed by atoms with Gasteiger partial charge in [-0.15, -0.1) is 0 Å². The van der Waals surface area contributed by atoms with Gasteiger partial charge < -0.3 is 10.1 Å². The number of benzene rings is 1.